The minimum Gasteiger partial charge on any atom is -0.496 e. The van der Waals surface area contributed by atoms with Gasteiger partial charge in [0.15, 0.2) is 12.1 Å². The summed E-state index contributed by atoms with van der Waals surface area (Å²) in [5.41, 5.74) is 2.88. The third-order valence-electron chi connectivity index (χ3n) is 6.15. The summed E-state index contributed by atoms with van der Waals surface area (Å²) in [5.74, 6) is 0.441. The van der Waals surface area contributed by atoms with Crippen LogP contribution in [0, 0.1) is 12.7 Å². The van der Waals surface area contributed by atoms with Crippen molar-refractivity contribution < 1.29 is 19.3 Å². The van der Waals surface area contributed by atoms with Crippen LogP contribution in [0.15, 0.2) is 60.7 Å². The molecule has 0 fully saturated rings. The number of aromatic nitrogens is 2. The summed E-state index contributed by atoms with van der Waals surface area (Å²) >= 11 is 12.3. The van der Waals surface area contributed by atoms with Gasteiger partial charge in [0, 0.05) is 11.1 Å². The van der Waals surface area contributed by atoms with E-state index in [-0.39, 0.29) is 22.4 Å². The monoisotopic (exact) mass is 543 g/mol. The first-order valence-corrected chi connectivity index (χ1v) is 12.5. The van der Waals surface area contributed by atoms with E-state index in [4.69, 9.17) is 27.9 Å². The van der Waals surface area contributed by atoms with Crippen molar-refractivity contribution in [2.24, 2.45) is 0 Å². The zero-order valence-electron chi connectivity index (χ0n) is 20.8. The molecule has 4 rings (SSSR count). The number of rotatable bonds is 8. The fourth-order valence-corrected chi connectivity index (χ4v) is 4.91. The maximum Gasteiger partial charge on any atom is 0.198 e. The first kappa shape index (κ1) is 26.9. The molecular formula is C28H28Cl2FN3O3. The molecule has 0 saturated carbocycles. The molecule has 0 aliphatic carbocycles. The smallest absolute Gasteiger partial charge is 0.198 e. The highest BCUT2D eigenvalue weighted by Gasteiger charge is 2.32. The molecule has 4 aromatic rings. The van der Waals surface area contributed by atoms with Crippen LogP contribution in [-0.2, 0) is 0 Å². The van der Waals surface area contributed by atoms with Crippen molar-refractivity contribution in [2.75, 3.05) is 12.4 Å². The summed E-state index contributed by atoms with van der Waals surface area (Å²) in [6.45, 7) is 5.81. The lowest BCUT2D eigenvalue weighted by atomic mass is 9.96. The number of benzene rings is 3. The second-order valence-corrected chi connectivity index (χ2v) is 9.77. The van der Waals surface area contributed by atoms with Gasteiger partial charge in [-0.1, -0.05) is 47.5 Å². The predicted octanol–water partition coefficient (Wildman–Crippen LogP) is 7.08. The van der Waals surface area contributed by atoms with Crippen LogP contribution in [0.5, 0.6) is 5.75 Å². The minimum atomic E-state index is -1.90. The van der Waals surface area contributed by atoms with Gasteiger partial charge in [-0.3, -0.25) is 0 Å². The molecule has 0 bridgehead atoms. The Morgan fingerprint density at radius 2 is 1.76 bits per heavy atom. The van der Waals surface area contributed by atoms with Crippen molar-refractivity contribution >= 4 is 28.9 Å². The summed E-state index contributed by atoms with van der Waals surface area (Å²) in [6.07, 6.45) is -1.90. The van der Waals surface area contributed by atoms with Gasteiger partial charge < -0.3 is 24.8 Å². The molecule has 1 heterocycles. The van der Waals surface area contributed by atoms with Crippen LogP contribution in [0.3, 0.4) is 0 Å². The van der Waals surface area contributed by atoms with E-state index < -0.39 is 18.1 Å². The van der Waals surface area contributed by atoms with Crippen molar-refractivity contribution in [1.29, 1.82) is 0 Å². The van der Waals surface area contributed by atoms with E-state index in [1.807, 2.05) is 55.7 Å². The van der Waals surface area contributed by atoms with Crippen LogP contribution in [0.4, 0.5) is 10.1 Å². The number of hydrogen-bond donors (Lipinski definition) is 3. The maximum absolute atomic E-state index is 15.1. The Kier molecular flexibility index (Phi) is 8.09. The maximum atomic E-state index is 15.1. The van der Waals surface area contributed by atoms with Gasteiger partial charge >= 0.3 is 0 Å². The Morgan fingerprint density at radius 1 is 1.03 bits per heavy atom. The highest BCUT2D eigenvalue weighted by molar-refractivity contribution is 6.31. The quantitative estimate of drug-likeness (QED) is 0.207. The normalized spacial score (nSPS) is 12.3. The minimum absolute atomic E-state index is 0.0314. The Balaban J connectivity index is 2.05. The number of hydrogen-bond acceptors (Lipinski definition) is 5. The number of nitrogens with one attached hydrogen (secondary N) is 1. The van der Waals surface area contributed by atoms with Crippen LogP contribution >= 0.6 is 23.2 Å². The van der Waals surface area contributed by atoms with E-state index in [2.05, 4.69) is 10.3 Å². The van der Waals surface area contributed by atoms with Crippen LogP contribution in [-0.4, -0.2) is 26.9 Å². The van der Waals surface area contributed by atoms with Gasteiger partial charge in [0.2, 0.25) is 0 Å². The first-order valence-electron chi connectivity index (χ1n) is 11.7. The molecule has 0 saturated heterocycles. The number of halogens is 3. The fraction of sp³-hybridized carbons (Fsp3) is 0.250. The number of aliphatic hydroxyl groups is 2. The third kappa shape index (κ3) is 5.31. The largest absolute Gasteiger partial charge is 0.496 e. The number of anilines is 1. The molecule has 0 radical (unpaired) electrons. The van der Waals surface area contributed by atoms with Gasteiger partial charge in [-0.2, -0.15) is 0 Å². The molecule has 9 heteroatoms. The van der Waals surface area contributed by atoms with Crippen molar-refractivity contribution in [2.45, 2.75) is 39.1 Å². The average Bonchev–Trinajstić information content (AvgIpc) is 3.26. The zero-order chi connectivity index (χ0) is 26.9. The molecule has 0 spiro atoms. The number of ether oxygens (including phenoxy) is 1. The van der Waals surface area contributed by atoms with Crippen LogP contribution in [0.2, 0.25) is 10.0 Å². The number of imidazole rings is 1. The number of nitrogens with zero attached hydrogens (tertiary/aromatic N) is 2. The highest BCUT2D eigenvalue weighted by Crippen LogP contribution is 2.41. The lowest BCUT2D eigenvalue weighted by Gasteiger charge is -2.27. The summed E-state index contributed by atoms with van der Waals surface area (Å²) in [4.78, 5) is 4.68. The molecule has 1 unspecified atom stereocenters. The van der Waals surface area contributed by atoms with Crippen molar-refractivity contribution in [3.63, 3.8) is 0 Å². The third-order valence-corrected chi connectivity index (χ3v) is 6.68. The molecule has 6 nitrogen and oxygen atoms in total. The van der Waals surface area contributed by atoms with E-state index >= 15 is 4.39 Å². The van der Waals surface area contributed by atoms with Crippen LogP contribution < -0.4 is 10.1 Å². The van der Waals surface area contributed by atoms with Gasteiger partial charge in [-0.05, 0) is 68.3 Å². The van der Waals surface area contributed by atoms with Crippen molar-refractivity contribution in [3.8, 4) is 17.1 Å². The first-order chi connectivity index (χ1) is 17.6. The zero-order valence-corrected chi connectivity index (χ0v) is 22.3. The molecule has 3 aromatic carbocycles. The van der Waals surface area contributed by atoms with Crippen LogP contribution in [0.25, 0.3) is 11.4 Å². The Morgan fingerprint density at radius 3 is 2.41 bits per heavy atom. The van der Waals surface area contributed by atoms with Crippen molar-refractivity contribution in [1.82, 2.24) is 9.55 Å². The lowest BCUT2D eigenvalue weighted by Crippen LogP contribution is -2.22. The van der Waals surface area contributed by atoms with E-state index in [9.17, 15) is 10.2 Å². The standard InChI is InChI=1S/C28H28Cl2FN3O3/c1-15(2)34-26(25(28(35)36)33-27(34)19-8-5-6-11-22(19)37-4)24(18-13-12-17(29)14-16(18)3)32-21-10-7-9-20(30)23(21)31/h5-15,24,28,32,35-36H,1-4H3. The van der Waals surface area contributed by atoms with Gasteiger partial charge in [-0.25, -0.2) is 9.37 Å². The number of aryl methyl sites for hydroxylation is 1. The fourth-order valence-electron chi connectivity index (χ4n) is 4.51. The molecule has 1 atom stereocenters. The molecular weight excluding hydrogens is 516 g/mol. The van der Waals surface area contributed by atoms with E-state index in [0.717, 1.165) is 11.1 Å². The predicted molar refractivity (Wildman–Crippen MR) is 145 cm³/mol. The number of methoxy groups -OCH3 is 1. The van der Waals surface area contributed by atoms with Gasteiger partial charge in [0.05, 0.1) is 35.1 Å². The molecule has 194 valence electrons. The molecule has 0 amide bonds. The summed E-state index contributed by atoms with van der Waals surface area (Å²) < 4.78 is 22.6. The van der Waals surface area contributed by atoms with E-state index in [0.29, 0.717) is 27.9 Å². The van der Waals surface area contributed by atoms with Gasteiger partial charge in [0.1, 0.15) is 17.3 Å². The Bertz CT molecular complexity index is 1420. The molecule has 0 aliphatic rings. The topological polar surface area (TPSA) is 79.5 Å². The summed E-state index contributed by atoms with van der Waals surface area (Å²) in [6, 6.07) is 16.5. The summed E-state index contributed by atoms with van der Waals surface area (Å²) in [7, 11) is 1.56. The molecule has 0 aliphatic heterocycles. The molecule has 1 aromatic heterocycles. The highest BCUT2D eigenvalue weighted by atomic mass is 35.5. The molecule has 37 heavy (non-hydrogen) atoms. The van der Waals surface area contributed by atoms with Crippen molar-refractivity contribution in [3.05, 3.63) is 99.0 Å². The van der Waals surface area contributed by atoms with Gasteiger partial charge in [0.25, 0.3) is 0 Å². The molecule has 3 N–H and O–H groups in total. The summed E-state index contributed by atoms with van der Waals surface area (Å²) in [5, 5.41) is 24.7. The van der Waals surface area contributed by atoms with Crippen LogP contribution in [0.1, 0.15) is 54.7 Å². The SMILES string of the molecule is COc1ccccc1-c1nc(C(O)O)c(C(Nc2cccc(Cl)c2F)c2ccc(Cl)cc2C)n1C(C)C. The van der Waals surface area contributed by atoms with E-state index in [1.54, 1.807) is 31.4 Å². The number of para-hydroxylation sites is 1. The average molecular weight is 544 g/mol. The van der Waals surface area contributed by atoms with Gasteiger partial charge in [-0.15, -0.1) is 0 Å². The Labute approximate surface area is 225 Å². The van der Waals surface area contributed by atoms with E-state index in [1.165, 1.54) is 6.07 Å². The lowest BCUT2D eigenvalue weighted by molar-refractivity contribution is -0.0463. The second kappa shape index (κ2) is 11.1. The Hall–Kier alpha value is -3.10. The number of aliphatic hydroxyl groups excluding tert-OH is 1. The second-order valence-electron chi connectivity index (χ2n) is 8.92.